The van der Waals surface area contributed by atoms with E-state index in [2.05, 4.69) is 16.8 Å². The molecule has 0 aromatic carbocycles. The fraction of sp³-hybridized carbons (Fsp3) is 0.769. The molecule has 0 spiro atoms. The highest BCUT2D eigenvalue weighted by Crippen LogP contribution is 2.17. The molecule has 0 radical (unpaired) electrons. The second-order valence-corrected chi connectivity index (χ2v) is 5.70. The number of carbonyl (C=O) groups is 1. The summed E-state index contributed by atoms with van der Waals surface area (Å²) in [7, 11) is 0. The van der Waals surface area contributed by atoms with Crippen LogP contribution in [0.4, 0.5) is 0 Å². The van der Waals surface area contributed by atoms with E-state index in [-0.39, 0.29) is 11.8 Å². The first-order valence-electron chi connectivity index (χ1n) is 6.32. The van der Waals surface area contributed by atoms with Gasteiger partial charge in [0.15, 0.2) is 0 Å². The SMILES string of the molecule is C=C(Cl)CN1CCC[C@H](CNC(=O)C(C)C)C1. The van der Waals surface area contributed by atoms with Crippen molar-refractivity contribution in [1.82, 2.24) is 10.2 Å². The van der Waals surface area contributed by atoms with Crippen molar-refractivity contribution in [3.63, 3.8) is 0 Å². The van der Waals surface area contributed by atoms with Gasteiger partial charge in [-0.25, -0.2) is 0 Å². The van der Waals surface area contributed by atoms with Gasteiger partial charge in [-0.2, -0.15) is 0 Å². The molecule has 1 aliphatic heterocycles. The zero-order valence-corrected chi connectivity index (χ0v) is 11.6. The molecule has 1 N–H and O–H groups in total. The summed E-state index contributed by atoms with van der Waals surface area (Å²) < 4.78 is 0. The molecule has 0 unspecified atom stereocenters. The zero-order chi connectivity index (χ0) is 12.8. The summed E-state index contributed by atoms with van der Waals surface area (Å²) in [6.07, 6.45) is 2.36. The topological polar surface area (TPSA) is 32.3 Å². The second kappa shape index (κ2) is 7.02. The molecule has 98 valence electrons. The van der Waals surface area contributed by atoms with Crippen LogP contribution in [0, 0.1) is 11.8 Å². The van der Waals surface area contributed by atoms with Crippen LogP contribution in [0.25, 0.3) is 0 Å². The summed E-state index contributed by atoms with van der Waals surface area (Å²) in [6, 6.07) is 0. The number of piperidine rings is 1. The van der Waals surface area contributed by atoms with E-state index in [0.29, 0.717) is 11.0 Å². The fourth-order valence-corrected chi connectivity index (χ4v) is 2.32. The number of halogens is 1. The van der Waals surface area contributed by atoms with Crippen LogP contribution < -0.4 is 5.32 Å². The second-order valence-electron chi connectivity index (χ2n) is 5.16. The smallest absolute Gasteiger partial charge is 0.222 e. The number of rotatable bonds is 5. The van der Waals surface area contributed by atoms with Gasteiger partial charge in [-0.05, 0) is 25.3 Å². The molecule has 1 amide bonds. The number of hydrogen-bond acceptors (Lipinski definition) is 2. The Hall–Kier alpha value is -0.540. The molecule has 1 aliphatic rings. The van der Waals surface area contributed by atoms with Crippen LogP contribution >= 0.6 is 11.6 Å². The molecule has 1 rings (SSSR count). The minimum Gasteiger partial charge on any atom is -0.356 e. The average Bonchev–Trinajstić information content (AvgIpc) is 2.25. The van der Waals surface area contributed by atoms with Crippen molar-refractivity contribution < 1.29 is 4.79 Å². The molecule has 1 atom stereocenters. The van der Waals surface area contributed by atoms with Crippen LogP contribution in [0.1, 0.15) is 26.7 Å². The van der Waals surface area contributed by atoms with Gasteiger partial charge < -0.3 is 5.32 Å². The summed E-state index contributed by atoms with van der Waals surface area (Å²) in [5.41, 5.74) is 0. The van der Waals surface area contributed by atoms with Crippen molar-refractivity contribution in [2.45, 2.75) is 26.7 Å². The molecule has 3 nitrogen and oxygen atoms in total. The first-order chi connectivity index (χ1) is 7.99. The van der Waals surface area contributed by atoms with Gasteiger partial charge in [0.05, 0.1) is 0 Å². The summed E-state index contributed by atoms with van der Waals surface area (Å²) in [5.74, 6) is 0.753. The van der Waals surface area contributed by atoms with Gasteiger partial charge in [0, 0.05) is 30.6 Å². The Morgan fingerprint density at radius 3 is 2.88 bits per heavy atom. The Balaban J connectivity index is 2.29. The van der Waals surface area contributed by atoms with Crippen molar-refractivity contribution in [1.29, 1.82) is 0 Å². The van der Waals surface area contributed by atoms with Crippen molar-refractivity contribution >= 4 is 17.5 Å². The number of nitrogens with zero attached hydrogens (tertiary/aromatic N) is 1. The lowest BCUT2D eigenvalue weighted by Gasteiger charge is -2.32. The number of carbonyl (C=O) groups excluding carboxylic acids is 1. The van der Waals surface area contributed by atoms with Crippen molar-refractivity contribution in [3.05, 3.63) is 11.6 Å². The Morgan fingerprint density at radius 2 is 2.29 bits per heavy atom. The molecule has 0 aliphatic carbocycles. The molecule has 17 heavy (non-hydrogen) atoms. The third-order valence-electron chi connectivity index (χ3n) is 3.09. The Labute approximate surface area is 109 Å². The van der Waals surface area contributed by atoms with Gasteiger partial charge in [0.25, 0.3) is 0 Å². The van der Waals surface area contributed by atoms with Gasteiger partial charge >= 0.3 is 0 Å². The highest BCUT2D eigenvalue weighted by atomic mass is 35.5. The summed E-state index contributed by atoms with van der Waals surface area (Å²) in [6.45, 7) is 11.2. The fourth-order valence-electron chi connectivity index (χ4n) is 2.15. The lowest BCUT2D eigenvalue weighted by atomic mass is 9.98. The van der Waals surface area contributed by atoms with Gasteiger partial charge in [-0.1, -0.05) is 32.0 Å². The quantitative estimate of drug-likeness (QED) is 0.820. The largest absolute Gasteiger partial charge is 0.356 e. The van der Waals surface area contributed by atoms with E-state index >= 15 is 0 Å². The lowest BCUT2D eigenvalue weighted by Crippen LogP contribution is -2.42. The van der Waals surface area contributed by atoms with Crippen LogP contribution in [0.3, 0.4) is 0 Å². The van der Waals surface area contributed by atoms with Crippen LogP contribution in [-0.2, 0) is 4.79 Å². The first-order valence-corrected chi connectivity index (χ1v) is 6.70. The van der Waals surface area contributed by atoms with Gasteiger partial charge in [-0.3, -0.25) is 9.69 Å². The summed E-state index contributed by atoms with van der Waals surface area (Å²) in [5, 5.41) is 3.70. The van der Waals surface area contributed by atoms with Crippen molar-refractivity contribution in [2.75, 3.05) is 26.2 Å². The van der Waals surface area contributed by atoms with E-state index < -0.39 is 0 Å². The van der Waals surface area contributed by atoms with Crippen LogP contribution in [0.15, 0.2) is 11.6 Å². The van der Waals surface area contributed by atoms with E-state index in [1.165, 1.54) is 12.8 Å². The number of amides is 1. The first kappa shape index (κ1) is 14.5. The molecule has 0 bridgehead atoms. The molecule has 1 heterocycles. The Bertz CT molecular complexity index is 279. The number of nitrogens with one attached hydrogen (secondary N) is 1. The summed E-state index contributed by atoms with van der Waals surface area (Å²) >= 11 is 5.82. The third-order valence-corrected chi connectivity index (χ3v) is 3.21. The third kappa shape index (κ3) is 5.55. The Morgan fingerprint density at radius 1 is 1.59 bits per heavy atom. The number of likely N-dealkylation sites (tertiary alicyclic amines) is 1. The highest BCUT2D eigenvalue weighted by molar-refractivity contribution is 6.29. The monoisotopic (exact) mass is 258 g/mol. The van der Waals surface area contributed by atoms with E-state index in [0.717, 1.165) is 26.2 Å². The Kier molecular flexibility index (Phi) is 6.00. The molecule has 0 aromatic rings. The molecule has 0 aromatic heterocycles. The molecular weight excluding hydrogens is 236 g/mol. The minimum atomic E-state index is 0.0670. The van der Waals surface area contributed by atoms with E-state index in [4.69, 9.17) is 11.6 Å². The molecule has 0 saturated carbocycles. The van der Waals surface area contributed by atoms with Crippen LogP contribution in [0.5, 0.6) is 0 Å². The van der Waals surface area contributed by atoms with Gasteiger partial charge in [0.1, 0.15) is 0 Å². The minimum absolute atomic E-state index is 0.0670. The summed E-state index contributed by atoms with van der Waals surface area (Å²) in [4.78, 5) is 13.8. The maximum Gasteiger partial charge on any atom is 0.222 e. The highest BCUT2D eigenvalue weighted by Gasteiger charge is 2.20. The zero-order valence-electron chi connectivity index (χ0n) is 10.8. The maximum atomic E-state index is 11.5. The molecule has 4 heteroatoms. The predicted octanol–water partition coefficient (Wildman–Crippen LogP) is 2.22. The average molecular weight is 259 g/mol. The normalized spacial score (nSPS) is 21.5. The van der Waals surface area contributed by atoms with Crippen molar-refractivity contribution in [3.8, 4) is 0 Å². The number of hydrogen-bond donors (Lipinski definition) is 1. The molecule has 1 fully saturated rings. The van der Waals surface area contributed by atoms with Crippen LogP contribution in [-0.4, -0.2) is 37.0 Å². The van der Waals surface area contributed by atoms with E-state index in [1.54, 1.807) is 0 Å². The van der Waals surface area contributed by atoms with Gasteiger partial charge in [-0.15, -0.1) is 0 Å². The molecular formula is C13H23ClN2O. The van der Waals surface area contributed by atoms with Crippen molar-refractivity contribution in [2.24, 2.45) is 11.8 Å². The standard InChI is InChI=1S/C13H23ClN2O/c1-10(2)13(17)15-7-12-5-4-6-16(9-12)8-11(3)14/h10,12H,3-9H2,1-2H3,(H,15,17)/t12-/m1/s1. The van der Waals surface area contributed by atoms with Crippen LogP contribution in [0.2, 0.25) is 0 Å². The maximum absolute atomic E-state index is 11.5. The molecule has 1 saturated heterocycles. The van der Waals surface area contributed by atoms with E-state index in [9.17, 15) is 4.79 Å². The van der Waals surface area contributed by atoms with E-state index in [1.807, 2.05) is 13.8 Å². The lowest BCUT2D eigenvalue weighted by molar-refractivity contribution is -0.124. The predicted molar refractivity (Wildman–Crippen MR) is 72.0 cm³/mol. The van der Waals surface area contributed by atoms with Gasteiger partial charge in [0.2, 0.25) is 5.91 Å².